The standard InChI is InChI=1S/C14H24N2/c1-12-5-7-13(8-6-12)11-15-9-10-16-14(2,3)4/h5-8,15-16H,9-11H2,1-4H3. The first-order valence-electron chi connectivity index (χ1n) is 5.99. The molecule has 0 saturated heterocycles. The van der Waals surface area contributed by atoms with Crippen LogP contribution >= 0.6 is 0 Å². The van der Waals surface area contributed by atoms with E-state index in [9.17, 15) is 0 Å². The highest BCUT2D eigenvalue weighted by molar-refractivity contribution is 5.20. The fourth-order valence-corrected chi connectivity index (χ4v) is 1.46. The van der Waals surface area contributed by atoms with Gasteiger partial charge in [-0.05, 0) is 33.3 Å². The van der Waals surface area contributed by atoms with Gasteiger partial charge in [0.15, 0.2) is 0 Å². The van der Waals surface area contributed by atoms with Crippen molar-refractivity contribution in [2.24, 2.45) is 0 Å². The average molecular weight is 220 g/mol. The molecule has 1 rings (SSSR count). The fourth-order valence-electron chi connectivity index (χ4n) is 1.46. The van der Waals surface area contributed by atoms with E-state index >= 15 is 0 Å². The molecule has 0 bridgehead atoms. The third-order valence-corrected chi connectivity index (χ3v) is 2.41. The molecule has 0 atom stereocenters. The summed E-state index contributed by atoms with van der Waals surface area (Å²) in [5, 5.41) is 6.89. The molecule has 0 fully saturated rings. The van der Waals surface area contributed by atoms with Crippen LogP contribution in [0.25, 0.3) is 0 Å². The van der Waals surface area contributed by atoms with Gasteiger partial charge in [0.05, 0.1) is 0 Å². The van der Waals surface area contributed by atoms with Gasteiger partial charge in [0, 0.05) is 25.2 Å². The van der Waals surface area contributed by atoms with Crippen LogP contribution in [0, 0.1) is 6.92 Å². The van der Waals surface area contributed by atoms with Crippen molar-refractivity contribution in [3.8, 4) is 0 Å². The van der Waals surface area contributed by atoms with E-state index in [2.05, 4.69) is 62.6 Å². The summed E-state index contributed by atoms with van der Waals surface area (Å²) < 4.78 is 0. The lowest BCUT2D eigenvalue weighted by Gasteiger charge is -2.20. The van der Waals surface area contributed by atoms with Crippen molar-refractivity contribution in [2.45, 2.75) is 39.8 Å². The zero-order chi connectivity index (χ0) is 12.0. The largest absolute Gasteiger partial charge is 0.311 e. The van der Waals surface area contributed by atoms with Gasteiger partial charge >= 0.3 is 0 Å². The molecule has 2 N–H and O–H groups in total. The highest BCUT2D eigenvalue weighted by Crippen LogP contribution is 2.02. The monoisotopic (exact) mass is 220 g/mol. The molecule has 0 aliphatic rings. The summed E-state index contributed by atoms with van der Waals surface area (Å²) in [6.07, 6.45) is 0. The molecule has 0 radical (unpaired) electrons. The summed E-state index contributed by atoms with van der Waals surface area (Å²) in [4.78, 5) is 0. The zero-order valence-electron chi connectivity index (χ0n) is 10.9. The summed E-state index contributed by atoms with van der Waals surface area (Å²) in [6, 6.07) is 8.67. The number of nitrogens with one attached hydrogen (secondary N) is 2. The molecule has 0 aliphatic heterocycles. The van der Waals surface area contributed by atoms with Crippen molar-refractivity contribution in [1.82, 2.24) is 10.6 Å². The first-order valence-corrected chi connectivity index (χ1v) is 5.99. The quantitative estimate of drug-likeness (QED) is 0.745. The smallest absolute Gasteiger partial charge is 0.0206 e. The van der Waals surface area contributed by atoms with Crippen LogP contribution in [-0.4, -0.2) is 18.6 Å². The number of hydrogen-bond acceptors (Lipinski definition) is 2. The van der Waals surface area contributed by atoms with Crippen LogP contribution in [0.4, 0.5) is 0 Å². The number of benzene rings is 1. The number of aryl methyl sites for hydroxylation is 1. The van der Waals surface area contributed by atoms with Gasteiger partial charge in [-0.2, -0.15) is 0 Å². The Kier molecular flexibility index (Phi) is 4.97. The maximum atomic E-state index is 3.45. The van der Waals surface area contributed by atoms with Crippen LogP contribution in [0.2, 0.25) is 0 Å². The van der Waals surface area contributed by atoms with E-state index < -0.39 is 0 Å². The normalized spacial score (nSPS) is 11.8. The Bertz CT molecular complexity index is 296. The molecule has 2 heteroatoms. The maximum absolute atomic E-state index is 3.45. The highest BCUT2D eigenvalue weighted by Gasteiger charge is 2.06. The van der Waals surface area contributed by atoms with Gasteiger partial charge < -0.3 is 10.6 Å². The van der Waals surface area contributed by atoms with Gasteiger partial charge in [-0.15, -0.1) is 0 Å². The topological polar surface area (TPSA) is 24.1 Å². The van der Waals surface area contributed by atoms with Gasteiger partial charge in [0.25, 0.3) is 0 Å². The van der Waals surface area contributed by atoms with Gasteiger partial charge in [0.2, 0.25) is 0 Å². The minimum atomic E-state index is 0.214. The number of rotatable bonds is 5. The Morgan fingerprint density at radius 1 is 1.00 bits per heavy atom. The van der Waals surface area contributed by atoms with Crippen LogP contribution in [0.3, 0.4) is 0 Å². The molecule has 0 heterocycles. The molecule has 90 valence electrons. The third-order valence-electron chi connectivity index (χ3n) is 2.41. The maximum Gasteiger partial charge on any atom is 0.0206 e. The van der Waals surface area contributed by atoms with Crippen molar-refractivity contribution in [1.29, 1.82) is 0 Å². The molecular formula is C14H24N2. The lowest BCUT2D eigenvalue weighted by molar-refractivity contribution is 0.421. The van der Waals surface area contributed by atoms with E-state index in [1.54, 1.807) is 0 Å². The fraction of sp³-hybridized carbons (Fsp3) is 0.571. The Labute approximate surface area is 99.5 Å². The molecule has 2 nitrogen and oxygen atoms in total. The first-order chi connectivity index (χ1) is 7.47. The average Bonchev–Trinajstić information content (AvgIpc) is 2.19. The van der Waals surface area contributed by atoms with E-state index in [1.807, 2.05) is 0 Å². The van der Waals surface area contributed by atoms with E-state index in [0.29, 0.717) is 0 Å². The summed E-state index contributed by atoms with van der Waals surface area (Å²) >= 11 is 0. The summed E-state index contributed by atoms with van der Waals surface area (Å²) in [6.45, 7) is 11.6. The van der Waals surface area contributed by atoms with Crippen LogP contribution in [0.1, 0.15) is 31.9 Å². The first kappa shape index (κ1) is 13.2. The van der Waals surface area contributed by atoms with Crippen molar-refractivity contribution >= 4 is 0 Å². The van der Waals surface area contributed by atoms with Gasteiger partial charge in [-0.1, -0.05) is 29.8 Å². The lowest BCUT2D eigenvalue weighted by Crippen LogP contribution is -2.40. The molecular weight excluding hydrogens is 196 g/mol. The van der Waals surface area contributed by atoms with Crippen molar-refractivity contribution < 1.29 is 0 Å². The van der Waals surface area contributed by atoms with Crippen molar-refractivity contribution in [3.63, 3.8) is 0 Å². The Morgan fingerprint density at radius 2 is 1.62 bits per heavy atom. The number of hydrogen-bond donors (Lipinski definition) is 2. The summed E-state index contributed by atoms with van der Waals surface area (Å²) in [7, 11) is 0. The second-order valence-corrected chi connectivity index (χ2v) is 5.34. The SMILES string of the molecule is Cc1ccc(CNCCNC(C)(C)C)cc1. The van der Waals surface area contributed by atoms with Crippen LogP contribution in [-0.2, 0) is 6.54 Å². The molecule has 0 amide bonds. The van der Waals surface area contributed by atoms with Crippen molar-refractivity contribution in [2.75, 3.05) is 13.1 Å². The lowest BCUT2D eigenvalue weighted by atomic mass is 10.1. The van der Waals surface area contributed by atoms with Crippen LogP contribution in [0.15, 0.2) is 24.3 Å². The van der Waals surface area contributed by atoms with Crippen molar-refractivity contribution in [3.05, 3.63) is 35.4 Å². The Hall–Kier alpha value is -0.860. The van der Waals surface area contributed by atoms with Gasteiger partial charge in [0.1, 0.15) is 0 Å². The molecule has 0 saturated carbocycles. The molecule has 1 aromatic carbocycles. The van der Waals surface area contributed by atoms with Crippen LogP contribution in [0.5, 0.6) is 0 Å². The molecule has 0 spiro atoms. The zero-order valence-corrected chi connectivity index (χ0v) is 10.9. The van der Waals surface area contributed by atoms with E-state index in [1.165, 1.54) is 11.1 Å². The predicted octanol–water partition coefficient (Wildman–Crippen LogP) is 2.47. The minimum absolute atomic E-state index is 0.214. The molecule has 0 aromatic heterocycles. The Balaban J connectivity index is 2.14. The predicted molar refractivity (Wildman–Crippen MR) is 70.6 cm³/mol. The molecule has 16 heavy (non-hydrogen) atoms. The third kappa shape index (κ3) is 5.89. The van der Waals surface area contributed by atoms with Gasteiger partial charge in [-0.3, -0.25) is 0 Å². The van der Waals surface area contributed by atoms with E-state index in [0.717, 1.165) is 19.6 Å². The van der Waals surface area contributed by atoms with Crippen LogP contribution < -0.4 is 10.6 Å². The second-order valence-electron chi connectivity index (χ2n) is 5.34. The van der Waals surface area contributed by atoms with Gasteiger partial charge in [-0.25, -0.2) is 0 Å². The highest BCUT2D eigenvalue weighted by atomic mass is 15.0. The molecule has 0 unspecified atom stereocenters. The second kappa shape index (κ2) is 6.02. The summed E-state index contributed by atoms with van der Waals surface area (Å²) in [5.74, 6) is 0. The molecule has 1 aromatic rings. The summed E-state index contributed by atoms with van der Waals surface area (Å²) in [5.41, 5.74) is 2.88. The van der Waals surface area contributed by atoms with E-state index in [-0.39, 0.29) is 5.54 Å². The van der Waals surface area contributed by atoms with E-state index in [4.69, 9.17) is 0 Å². The Morgan fingerprint density at radius 3 is 2.19 bits per heavy atom. The molecule has 0 aliphatic carbocycles. The minimum Gasteiger partial charge on any atom is -0.311 e.